The lowest BCUT2D eigenvalue weighted by Crippen LogP contribution is -2.43. The maximum Gasteiger partial charge on any atom is 0.184 e. The van der Waals surface area contributed by atoms with Crippen molar-refractivity contribution < 1.29 is 9.16 Å². The van der Waals surface area contributed by atoms with Crippen molar-refractivity contribution in [2.24, 2.45) is 0 Å². The fourth-order valence-electron chi connectivity index (χ4n) is 0.782. The van der Waals surface area contributed by atoms with Crippen LogP contribution < -0.4 is 0 Å². The summed E-state index contributed by atoms with van der Waals surface area (Å²) in [7, 11) is -1.27. The second kappa shape index (κ2) is 2.40. The number of ether oxygens (including phenoxy) is 1. The summed E-state index contributed by atoms with van der Waals surface area (Å²) in [5.41, 5.74) is 0. The lowest BCUT2D eigenvalue weighted by Gasteiger charge is -2.32. The van der Waals surface area contributed by atoms with E-state index in [0.717, 1.165) is 13.2 Å². The van der Waals surface area contributed by atoms with E-state index >= 15 is 0 Å². The second-order valence-corrected chi connectivity index (χ2v) is 7.85. The van der Waals surface area contributed by atoms with Crippen molar-refractivity contribution in [1.82, 2.24) is 0 Å². The van der Waals surface area contributed by atoms with Crippen LogP contribution in [0.4, 0.5) is 0 Å². The minimum absolute atomic E-state index is 0.414. The molecule has 3 heteroatoms. The van der Waals surface area contributed by atoms with Crippen LogP contribution >= 0.6 is 0 Å². The van der Waals surface area contributed by atoms with E-state index in [2.05, 4.69) is 19.6 Å². The molecule has 0 spiro atoms. The lowest BCUT2D eigenvalue weighted by molar-refractivity contribution is -0.0837. The normalized spacial score (nSPS) is 21.7. The van der Waals surface area contributed by atoms with Gasteiger partial charge in [-0.3, -0.25) is 0 Å². The first-order valence-electron chi connectivity index (χ1n) is 3.33. The van der Waals surface area contributed by atoms with Crippen LogP contribution in [0, 0.1) is 0 Å². The molecule has 0 unspecified atom stereocenters. The van der Waals surface area contributed by atoms with Crippen LogP contribution in [-0.4, -0.2) is 27.6 Å². The first-order valence-corrected chi connectivity index (χ1v) is 6.74. The fourth-order valence-corrected chi connectivity index (χ4v) is 1.92. The molecule has 1 saturated heterocycles. The van der Waals surface area contributed by atoms with Gasteiger partial charge in [0.1, 0.15) is 0 Å². The molecule has 0 aromatic carbocycles. The summed E-state index contributed by atoms with van der Waals surface area (Å²) in [6.07, 6.45) is 0.414. The Morgan fingerprint density at radius 3 is 2.00 bits per heavy atom. The predicted octanol–water partition coefficient (Wildman–Crippen LogP) is 1.24. The minimum Gasteiger partial charge on any atom is -0.410 e. The second-order valence-electron chi connectivity index (χ2n) is 3.39. The molecule has 1 aliphatic rings. The summed E-state index contributed by atoms with van der Waals surface area (Å²) in [6, 6.07) is 0. The van der Waals surface area contributed by atoms with Gasteiger partial charge in [-0.2, -0.15) is 0 Å². The van der Waals surface area contributed by atoms with Crippen molar-refractivity contribution in [3.05, 3.63) is 0 Å². The molecule has 0 amide bonds. The molecule has 0 atom stereocenters. The van der Waals surface area contributed by atoms with Gasteiger partial charge in [-0.1, -0.05) is 0 Å². The topological polar surface area (TPSA) is 18.5 Å². The number of rotatable bonds is 2. The molecule has 0 aromatic rings. The third-order valence-corrected chi connectivity index (χ3v) is 2.17. The Labute approximate surface area is 57.3 Å². The highest BCUT2D eigenvalue weighted by Gasteiger charge is 2.25. The van der Waals surface area contributed by atoms with Crippen molar-refractivity contribution in [3.8, 4) is 0 Å². The molecule has 0 aliphatic carbocycles. The molecule has 0 N–H and O–H groups in total. The summed E-state index contributed by atoms with van der Waals surface area (Å²) in [6.45, 7) is 8.22. The predicted molar refractivity (Wildman–Crippen MR) is 39.0 cm³/mol. The summed E-state index contributed by atoms with van der Waals surface area (Å²) < 4.78 is 10.7. The van der Waals surface area contributed by atoms with E-state index < -0.39 is 8.32 Å². The van der Waals surface area contributed by atoms with Gasteiger partial charge in [0.15, 0.2) is 8.32 Å². The first-order chi connectivity index (χ1) is 4.08. The summed E-state index contributed by atoms with van der Waals surface area (Å²) in [5.74, 6) is 0. The van der Waals surface area contributed by atoms with Crippen LogP contribution in [-0.2, 0) is 9.16 Å². The molecule has 0 radical (unpaired) electrons. The Morgan fingerprint density at radius 1 is 1.33 bits per heavy atom. The average molecular weight is 146 g/mol. The minimum atomic E-state index is -1.27. The molecular formula is C6H14O2Si. The zero-order chi connectivity index (χ0) is 6.91. The maximum absolute atomic E-state index is 5.69. The molecular weight excluding hydrogens is 132 g/mol. The van der Waals surface area contributed by atoms with E-state index in [9.17, 15) is 0 Å². The van der Waals surface area contributed by atoms with E-state index in [-0.39, 0.29) is 0 Å². The molecule has 0 saturated carbocycles. The van der Waals surface area contributed by atoms with E-state index in [1.54, 1.807) is 0 Å². The van der Waals surface area contributed by atoms with E-state index in [1.165, 1.54) is 0 Å². The van der Waals surface area contributed by atoms with Crippen LogP contribution in [0.2, 0.25) is 19.6 Å². The van der Waals surface area contributed by atoms with Crippen LogP contribution in [0.5, 0.6) is 0 Å². The molecule has 54 valence electrons. The molecule has 2 nitrogen and oxygen atoms in total. The van der Waals surface area contributed by atoms with Crippen LogP contribution in [0.1, 0.15) is 0 Å². The largest absolute Gasteiger partial charge is 0.410 e. The van der Waals surface area contributed by atoms with Gasteiger partial charge >= 0.3 is 0 Å². The quantitative estimate of drug-likeness (QED) is 0.546. The van der Waals surface area contributed by atoms with Crippen molar-refractivity contribution in [2.45, 2.75) is 25.7 Å². The van der Waals surface area contributed by atoms with Gasteiger partial charge in [-0.05, 0) is 19.6 Å². The fraction of sp³-hybridized carbons (Fsp3) is 1.00. The lowest BCUT2D eigenvalue weighted by atomic mass is 10.3. The summed E-state index contributed by atoms with van der Waals surface area (Å²) in [5, 5.41) is 0. The highest BCUT2D eigenvalue weighted by molar-refractivity contribution is 6.69. The number of hydrogen-bond acceptors (Lipinski definition) is 2. The van der Waals surface area contributed by atoms with E-state index in [1.807, 2.05) is 0 Å². The molecule has 1 aliphatic heterocycles. The van der Waals surface area contributed by atoms with Crippen LogP contribution in [0.15, 0.2) is 0 Å². The van der Waals surface area contributed by atoms with Gasteiger partial charge in [0, 0.05) is 0 Å². The van der Waals surface area contributed by atoms with Gasteiger partial charge in [-0.15, -0.1) is 0 Å². The van der Waals surface area contributed by atoms with E-state index in [0.29, 0.717) is 6.10 Å². The summed E-state index contributed by atoms with van der Waals surface area (Å²) in [4.78, 5) is 0. The molecule has 1 heterocycles. The Hall–Kier alpha value is 0.137. The monoisotopic (exact) mass is 146 g/mol. The van der Waals surface area contributed by atoms with Crippen molar-refractivity contribution in [2.75, 3.05) is 13.2 Å². The third-order valence-electron chi connectivity index (χ3n) is 1.13. The molecule has 0 aromatic heterocycles. The van der Waals surface area contributed by atoms with Crippen molar-refractivity contribution >= 4 is 8.32 Å². The van der Waals surface area contributed by atoms with Crippen molar-refractivity contribution in [1.29, 1.82) is 0 Å². The third kappa shape index (κ3) is 2.47. The smallest absolute Gasteiger partial charge is 0.184 e. The molecule has 0 bridgehead atoms. The Bertz CT molecular complexity index is 93.7. The summed E-state index contributed by atoms with van der Waals surface area (Å²) >= 11 is 0. The van der Waals surface area contributed by atoms with Gasteiger partial charge in [0.05, 0.1) is 19.3 Å². The zero-order valence-electron chi connectivity index (χ0n) is 6.31. The highest BCUT2D eigenvalue weighted by Crippen LogP contribution is 2.12. The van der Waals surface area contributed by atoms with Gasteiger partial charge < -0.3 is 9.16 Å². The Balaban J connectivity index is 2.16. The SMILES string of the molecule is C[Si](C)(C)OC1COC1. The molecule has 1 rings (SSSR count). The maximum atomic E-state index is 5.69. The molecule has 9 heavy (non-hydrogen) atoms. The van der Waals surface area contributed by atoms with Gasteiger partial charge in [0.2, 0.25) is 0 Å². The van der Waals surface area contributed by atoms with Gasteiger partial charge in [0.25, 0.3) is 0 Å². The standard InChI is InChI=1S/C6H14O2Si/c1-9(2,3)8-6-4-7-5-6/h6H,4-5H2,1-3H3. The Morgan fingerprint density at radius 2 is 1.89 bits per heavy atom. The Kier molecular flexibility index (Phi) is 1.93. The number of hydrogen-bond donors (Lipinski definition) is 0. The van der Waals surface area contributed by atoms with Crippen LogP contribution in [0.3, 0.4) is 0 Å². The van der Waals surface area contributed by atoms with E-state index in [4.69, 9.17) is 9.16 Å². The van der Waals surface area contributed by atoms with Crippen LogP contribution in [0.25, 0.3) is 0 Å². The molecule has 1 fully saturated rings. The highest BCUT2D eigenvalue weighted by atomic mass is 28.4. The van der Waals surface area contributed by atoms with Gasteiger partial charge in [-0.25, -0.2) is 0 Å². The average Bonchev–Trinajstić information content (AvgIpc) is 1.53. The zero-order valence-corrected chi connectivity index (χ0v) is 7.31. The first kappa shape index (κ1) is 7.25. The van der Waals surface area contributed by atoms with Crippen molar-refractivity contribution in [3.63, 3.8) is 0 Å².